The number of anilines is 1. The number of nitriles is 1. The summed E-state index contributed by atoms with van der Waals surface area (Å²) in [5.41, 5.74) is 3.36. The number of carbonyl (C=O) groups excluding carboxylic acids is 1. The highest BCUT2D eigenvalue weighted by Crippen LogP contribution is 2.22. The fourth-order valence-electron chi connectivity index (χ4n) is 1.95. The second-order valence-corrected chi connectivity index (χ2v) is 4.67. The van der Waals surface area contributed by atoms with Crippen molar-refractivity contribution in [3.63, 3.8) is 0 Å². The number of benzene rings is 1. The number of aliphatic carboxylic acids is 1. The van der Waals surface area contributed by atoms with Gasteiger partial charge < -0.3 is 15.7 Å². The maximum atomic E-state index is 12.0. The molecule has 0 radical (unpaired) electrons. The molecule has 0 fully saturated rings. The van der Waals surface area contributed by atoms with Gasteiger partial charge in [0.15, 0.2) is 0 Å². The number of carbonyl (C=O) groups is 2. The predicted molar refractivity (Wildman–Crippen MR) is 78.6 cm³/mol. The van der Waals surface area contributed by atoms with Gasteiger partial charge in [0, 0.05) is 11.9 Å². The van der Waals surface area contributed by atoms with Crippen LogP contribution in [0.1, 0.15) is 16.7 Å². The summed E-state index contributed by atoms with van der Waals surface area (Å²) in [6.45, 7) is 5.34. The molecule has 0 saturated heterocycles. The SMILES string of the molecule is Cc1cc(C)c(NC(=O)/C(C#N)=C\NCC(=O)O)c(C)c1. The number of carboxylic acid groups (broad SMARTS) is 1. The Morgan fingerprint density at radius 3 is 2.33 bits per heavy atom. The molecule has 0 heterocycles. The van der Waals surface area contributed by atoms with E-state index >= 15 is 0 Å². The Labute approximate surface area is 123 Å². The Morgan fingerprint density at radius 1 is 1.29 bits per heavy atom. The van der Waals surface area contributed by atoms with Crippen LogP contribution in [0.3, 0.4) is 0 Å². The van der Waals surface area contributed by atoms with Crippen molar-refractivity contribution in [1.29, 1.82) is 5.26 Å². The summed E-state index contributed by atoms with van der Waals surface area (Å²) in [6.07, 6.45) is 1.10. The van der Waals surface area contributed by atoms with Crippen molar-refractivity contribution in [2.45, 2.75) is 20.8 Å². The van der Waals surface area contributed by atoms with Crippen LogP contribution in [0.25, 0.3) is 0 Å². The van der Waals surface area contributed by atoms with Crippen LogP contribution in [-0.2, 0) is 9.59 Å². The molecule has 0 aliphatic rings. The van der Waals surface area contributed by atoms with Crippen molar-refractivity contribution < 1.29 is 14.7 Å². The summed E-state index contributed by atoms with van der Waals surface area (Å²) in [6, 6.07) is 5.60. The topological polar surface area (TPSA) is 102 Å². The molecule has 21 heavy (non-hydrogen) atoms. The van der Waals surface area contributed by atoms with Crippen LogP contribution in [0.5, 0.6) is 0 Å². The number of hydrogen-bond acceptors (Lipinski definition) is 4. The van der Waals surface area contributed by atoms with Crippen molar-refractivity contribution in [2.24, 2.45) is 0 Å². The third kappa shape index (κ3) is 4.66. The molecule has 6 nitrogen and oxygen atoms in total. The predicted octanol–water partition coefficient (Wildman–Crippen LogP) is 1.63. The Balaban J connectivity index is 2.89. The van der Waals surface area contributed by atoms with E-state index < -0.39 is 11.9 Å². The van der Waals surface area contributed by atoms with E-state index in [2.05, 4.69) is 10.6 Å². The first-order valence-electron chi connectivity index (χ1n) is 6.29. The summed E-state index contributed by atoms with van der Waals surface area (Å²) in [5.74, 6) is -1.65. The van der Waals surface area contributed by atoms with Crippen LogP contribution in [0.2, 0.25) is 0 Å². The average Bonchev–Trinajstić information content (AvgIpc) is 2.38. The first kappa shape index (κ1) is 16.2. The van der Waals surface area contributed by atoms with E-state index in [1.165, 1.54) is 0 Å². The normalized spacial score (nSPS) is 10.7. The molecule has 1 amide bonds. The van der Waals surface area contributed by atoms with Crippen molar-refractivity contribution >= 4 is 17.6 Å². The van der Waals surface area contributed by atoms with E-state index in [4.69, 9.17) is 10.4 Å². The van der Waals surface area contributed by atoms with Gasteiger partial charge in [-0.25, -0.2) is 0 Å². The number of aryl methyl sites for hydroxylation is 3. The average molecular weight is 287 g/mol. The van der Waals surface area contributed by atoms with Gasteiger partial charge in [-0.05, 0) is 31.9 Å². The van der Waals surface area contributed by atoms with Gasteiger partial charge in [0.1, 0.15) is 18.2 Å². The summed E-state index contributed by atoms with van der Waals surface area (Å²) in [7, 11) is 0. The second kappa shape index (κ2) is 7.10. The van der Waals surface area contributed by atoms with Crippen molar-refractivity contribution in [3.05, 3.63) is 40.6 Å². The molecule has 0 unspecified atom stereocenters. The van der Waals surface area contributed by atoms with Gasteiger partial charge in [-0.3, -0.25) is 9.59 Å². The first-order chi connectivity index (χ1) is 9.85. The van der Waals surface area contributed by atoms with Crippen LogP contribution in [0.4, 0.5) is 5.69 Å². The third-order valence-electron chi connectivity index (χ3n) is 2.78. The molecule has 0 aliphatic heterocycles. The molecule has 1 aromatic carbocycles. The smallest absolute Gasteiger partial charge is 0.322 e. The van der Waals surface area contributed by atoms with Gasteiger partial charge in [-0.1, -0.05) is 17.7 Å². The highest BCUT2D eigenvalue weighted by molar-refractivity contribution is 6.07. The molecule has 0 saturated carbocycles. The Hall–Kier alpha value is -2.81. The van der Waals surface area contributed by atoms with E-state index in [1.54, 1.807) is 6.07 Å². The number of carboxylic acids is 1. The Bertz CT molecular complexity index is 619. The van der Waals surface area contributed by atoms with Crippen molar-refractivity contribution in [3.8, 4) is 6.07 Å². The molecule has 0 atom stereocenters. The van der Waals surface area contributed by atoms with E-state index in [-0.39, 0.29) is 12.1 Å². The van der Waals surface area contributed by atoms with Gasteiger partial charge in [-0.2, -0.15) is 5.26 Å². The molecular weight excluding hydrogens is 270 g/mol. The van der Waals surface area contributed by atoms with Gasteiger partial charge in [0.05, 0.1) is 0 Å². The van der Waals surface area contributed by atoms with E-state index in [0.717, 1.165) is 22.9 Å². The number of rotatable bonds is 5. The lowest BCUT2D eigenvalue weighted by molar-refractivity contribution is -0.135. The minimum atomic E-state index is -1.07. The monoisotopic (exact) mass is 287 g/mol. The third-order valence-corrected chi connectivity index (χ3v) is 2.78. The summed E-state index contributed by atoms with van der Waals surface area (Å²) in [5, 5.41) is 22.5. The van der Waals surface area contributed by atoms with Crippen molar-refractivity contribution in [2.75, 3.05) is 11.9 Å². The molecule has 0 spiro atoms. The van der Waals surface area contributed by atoms with E-state index in [9.17, 15) is 9.59 Å². The molecule has 3 N–H and O–H groups in total. The lowest BCUT2D eigenvalue weighted by Crippen LogP contribution is -2.21. The molecule has 0 aliphatic carbocycles. The zero-order chi connectivity index (χ0) is 16.0. The number of hydrogen-bond donors (Lipinski definition) is 3. The van der Waals surface area contributed by atoms with Crippen LogP contribution in [-0.4, -0.2) is 23.5 Å². The van der Waals surface area contributed by atoms with Gasteiger partial charge in [0.2, 0.25) is 0 Å². The zero-order valence-corrected chi connectivity index (χ0v) is 12.2. The summed E-state index contributed by atoms with van der Waals surface area (Å²) in [4.78, 5) is 22.4. The van der Waals surface area contributed by atoms with E-state index in [1.807, 2.05) is 32.9 Å². The quantitative estimate of drug-likeness (QED) is 0.564. The fraction of sp³-hybridized carbons (Fsp3) is 0.267. The van der Waals surface area contributed by atoms with Gasteiger partial charge >= 0.3 is 5.97 Å². The minimum absolute atomic E-state index is 0.185. The van der Waals surface area contributed by atoms with Crippen LogP contribution >= 0.6 is 0 Å². The number of nitrogens with one attached hydrogen (secondary N) is 2. The molecule has 110 valence electrons. The van der Waals surface area contributed by atoms with Crippen molar-refractivity contribution in [1.82, 2.24) is 5.32 Å². The Morgan fingerprint density at radius 2 is 1.86 bits per heavy atom. The zero-order valence-electron chi connectivity index (χ0n) is 12.2. The molecule has 1 rings (SSSR count). The second-order valence-electron chi connectivity index (χ2n) is 4.67. The van der Waals surface area contributed by atoms with Crippen LogP contribution in [0.15, 0.2) is 23.9 Å². The molecule has 0 aromatic heterocycles. The lowest BCUT2D eigenvalue weighted by Gasteiger charge is -2.12. The fourth-order valence-corrected chi connectivity index (χ4v) is 1.95. The number of nitrogens with zero attached hydrogens (tertiary/aromatic N) is 1. The molecule has 0 bridgehead atoms. The highest BCUT2D eigenvalue weighted by Gasteiger charge is 2.12. The maximum Gasteiger partial charge on any atom is 0.322 e. The largest absolute Gasteiger partial charge is 0.480 e. The van der Waals surface area contributed by atoms with Crippen LogP contribution < -0.4 is 10.6 Å². The summed E-state index contributed by atoms with van der Waals surface area (Å²) >= 11 is 0. The minimum Gasteiger partial charge on any atom is -0.480 e. The summed E-state index contributed by atoms with van der Waals surface area (Å²) < 4.78 is 0. The maximum absolute atomic E-state index is 12.0. The first-order valence-corrected chi connectivity index (χ1v) is 6.29. The molecule has 1 aromatic rings. The number of amides is 1. The standard InChI is InChI=1S/C15H17N3O3/c1-9-4-10(2)14(11(3)5-9)18-15(21)12(6-16)7-17-8-13(19)20/h4-5,7,17H,8H2,1-3H3,(H,18,21)(H,19,20)/b12-7-. The molecular formula is C15H17N3O3. The van der Waals surface area contributed by atoms with Crippen LogP contribution in [0, 0.1) is 32.1 Å². The lowest BCUT2D eigenvalue weighted by atomic mass is 10.0. The van der Waals surface area contributed by atoms with Gasteiger partial charge in [0.25, 0.3) is 5.91 Å². The molecule has 6 heteroatoms. The highest BCUT2D eigenvalue weighted by atomic mass is 16.4. The van der Waals surface area contributed by atoms with E-state index in [0.29, 0.717) is 5.69 Å². The van der Waals surface area contributed by atoms with Gasteiger partial charge in [-0.15, -0.1) is 0 Å². The Kier molecular flexibility index (Phi) is 5.49.